The molecule has 2 aliphatic heterocycles. The van der Waals surface area contributed by atoms with Crippen molar-refractivity contribution in [1.82, 2.24) is 15.2 Å². The highest BCUT2D eigenvalue weighted by Gasteiger charge is 2.40. The number of rotatable bonds is 10. The van der Waals surface area contributed by atoms with E-state index >= 15 is 0 Å². The van der Waals surface area contributed by atoms with Gasteiger partial charge in [0.05, 0.1) is 43.2 Å². The molecule has 0 unspecified atom stereocenters. The smallest absolute Gasteiger partial charge is 0.319 e. The van der Waals surface area contributed by atoms with Gasteiger partial charge in [-0.15, -0.1) is 0 Å². The van der Waals surface area contributed by atoms with E-state index in [2.05, 4.69) is 20.5 Å². The molecule has 0 saturated carbocycles. The quantitative estimate of drug-likeness (QED) is 0.310. The number of carbonyl (C=O) groups excluding carboxylic acids is 1. The molecule has 3 aromatic rings. The van der Waals surface area contributed by atoms with E-state index in [-0.39, 0.29) is 6.03 Å². The van der Waals surface area contributed by atoms with Gasteiger partial charge in [-0.3, -0.25) is 4.98 Å². The zero-order valence-corrected chi connectivity index (χ0v) is 23.2. The lowest BCUT2D eigenvalue weighted by molar-refractivity contribution is -0.139. The Labute approximate surface area is 233 Å². The highest BCUT2D eigenvalue weighted by Crippen LogP contribution is 2.39. The highest BCUT2D eigenvalue weighted by molar-refractivity contribution is 6.33. The van der Waals surface area contributed by atoms with Gasteiger partial charge < -0.3 is 34.5 Å². The van der Waals surface area contributed by atoms with Gasteiger partial charge in [0, 0.05) is 42.2 Å². The van der Waals surface area contributed by atoms with Gasteiger partial charge in [-0.2, -0.15) is 0 Å². The van der Waals surface area contributed by atoms with E-state index in [1.807, 2.05) is 19.1 Å². The van der Waals surface area contributed by atoms with Gasteiger partial charge in [0.15, 0.2) is 11.5 Å². The zero-order chi connectivity index (χ0) is 27.2. The molecule has 10 heteroatoms. The summed E-state index contributed by atoms with van der Waals surface area (Å²) in [6, 6.07) is 10.3. The lowest BCUT2D eigenvalue weighted by Crippen LogP contribution is -2.51. The minimum absolute atomic E-state index is 0.317. The number of methoxy groups -OCH3 is 1. The van der Waals surface area contributed by atoms with Crippen LogP contribution in [0.25, 0.3) is 10.9 Å². The van der Waals surface area contributed by atoms with Gasteiger partial charge in [0.25, 0.3) is 0 Å². The van der Waals surface area contributed by atoms with Crippen LogP contribution < -0.4 is 24.8 Å². The number of nitrogens with one attached hydrogen (secondary N) is 2. The number of pyridine rings is 1. The van der Waals surface area contributed by atoms with Gasteiger partial charge in [0.2, 0.25) is 0 Å². The molecule has 2 saturated heterocycles. The molecule has 3 heterocycles. The van der Waals surface area contributed by atoms with E-state index in [4.69, 9.17) is 30.5 Å². The summed E-state index contributed by atoms with van der Waals surface area (Å²) in [4.78, 5) is 18.9. The van der Waals surface area contributed by atoms with E-state index in [9.17, 15) is 4.79 Å². The minimum Gasteiger partial charge on any atom is -0.493 e. The number of likely N-dealkylation sites (tertiary alicyclic amines) is 1. The average molecular weight is 555 g/mol. The van der Waals surface area contributed by atoms with Crippen LogP contribution in [0.3, 0.4) is 0 Å². The van der Waals surface area contributed by atoms with E-state index in [0.29, 0.717) is 52.3 Å². The van der Waals surface area contributed by atoms with Crippen LogP contribution in [0.1, 0.15) is 26.2 Å². The van der Waals surface area contributed by atoms with Crippen LogP contribution in [0.5, 0.6) is 23.0 Å². The summed E-state index contributed by atoms with van der Waals surface area (Å²) in [6.45, 7) is 8.11. The van der Waals surface area contributed by atoms with Gasteiger partial charge in [-0.05, 0) is 63.5 Å². The van der Waals surface area contributed by atoms with Crippen LogP contribution in [0.15, 0.2) is 42.6 Å². The average Bonchev–Trinajstić information content (AvgIpc) is 2.92. The summed E-state index contributed by atoms with van der Waals surface area (Å²) in [7, 11) is 1.62. The number of halogens is 1. The number of urea groups is 1. The maximum atomic E-state index is 11.8. The van der Waals surface area contributed by atoms with Crippen molar-refractivity contribution in [3.8, 4) is 23.0 Å². The van der Waals surface area contributed by atoms with Crippen molar-refractivity contribution < 1.29 is 23.7 Å². The van der Waals surface area contributed by atoms with E-state index in [1.165, 1.54) is 12.8 Å². The Balaban J connectivity index is 1.21. The van der Waals surface area contributed by atoms with Crippen LogP contribution in [0.2, 0.25) is 5.02 Å². The lowest BCUT2D eigenvalue weighted by Gasteiger charge is -2.47. The summed E-state index contributed by atoms with van der Waals surface area (Å²) < 4.78 is 23.3. The normalized spacial score (nSPS) is 16.5. The van der Waals surface area contributed by atoms with Gasteiger partial charge in [-0.25, -0.2) is 4.79 Å². The van der Waals surface area contributed by atoms with Crippen molar-refractivity contribution in [2.24, 2.45) is 5.41 Å². The number of hydrogen-bond acceptors (Lipinski definition) is 7. The molecule has 39 heavy (non-hydrogen) atoms. The summed E-state index contributed by atoms with van der Waals surface area (Å²) >= 11 is 6.38. The predicted octanol–water partition coefficient (Wildman–Crippen LogP) is 5.71. The van der Waals surface area contributed by atoms with Gasteiger partial charge in [-0.1, -0.05) is 11.6 Å². The number of amides is 2. The number of nitrogens with zero attached hydrogens (tertiary/aromatic N) is 2. The Morgan fingerprint density at radius 3 is 2.64 bits per heavy atom. The molecule has 2 fully saturated rings. The third-order valence-electron chi connectivity index (χ3n) is 7.35. The molecule has 2 aliphatic rings. The molecule has 1 aromatic heterocycles. The second-order valence-corrected chi connectivity index (χ2v) is 10.5. The Bertz CT molecular complexity index is 1310. The maximum absolute atomic E-state index is 11.8. The summed E-state index contributed by atoms with van der Waals surface area (Å²) in [5, 5.41) is 6.54. The van der Waals surface area contributed by atoms with Crippen molar-refractivity contribution in [3.63, 3.8) is 0 Å². The summed E-state index contributed by atoms with van der Waals surface area (Å²) in [5.74, 6) is 2.40. The van der Waals surface area contributed by atoms with Crippen molar-refractivity contribution in [2.45, 2.75) is 26.2 Å². The molecule has 1 spiro atoms. The van der Waals surface area contributed by atoms with Crippen LogP contribution in [-0.4, -0.2) is 69.0 Å². The number of piperidine rings is 1. The van der Waals surface area contributed by atoms with Crippen LogP contribution in [-0.2, 0) is 4.74 Å². The van der Waals surface area contributed by atoms with Crippen LogP contribution in [0.4, 0.5) is 10.5 Å². The third kappa shape index (κ3) is 6.49. The standard InChI is InChI=1S/C29H35ClN4O5/c1-3-31-28(35)33-23-6-5-20(15-22(23)30)39-25-7-10-32-24-17-27(26(36-2)16-21(24)25)38-14-4-11-34-12-8-29(9-13-34)18-37-19-29/h5-7,10,15-17H,3-4,8-9,11-14,18-19H2,1-2H3,(H2,31,33,35). The van der Waals surface area contributed by atoms with Crippen LogP contribution >= 0.6 is 11.6 Å². The first-order valence-electron chi connectivity index (χ1n) is 13.4. The molecule has 2 amide bonds. The molecule has 0 bridgehead atoms. The highest BCUT2D eigenvalue weighted by atomic mass is 35.5. The Morgan fingerprint density at radius 1 is 1.13 bits per heavy atom. The molecular formula is C29H35ClN4O5. The van der Waals surface area contributed by atoms with Crippen molar-refractivity contribution in [2.75, 3.05) is 58.4 Å². The Morgan fingerprint density at radius 2 is 1.95 bits per heavy atom. The Kier molecular flexibility index (Phi) is 8.60. The fourth-order valence-corrected chi connectivity index (χ4v) is 5.22. The number of anilines is 1. The summed E-state index contributed by atoms with van der Waals surface area (Å²) in [6.07, 6.45) is 5.08. The number of carbonyl (C=O) groups is 1. The van der Waals surface area contributed by atoms with Crippen molar-refractivity contribution in [3.05, 3.63) is 47.6 Å². The first kappa shape index (κ1) is 27.3. The number of ether oxygens (including phenoxy) is 4. The van der Waals surface area contributed by atoms with Gasteiger partial charge >= 0.3 is 6.03 Å². The molecule has 2 aromatic carbocycles. The fourth-order valence-electron chi connectivity index (χ4n) is 5.01. The molecule has 5 rings (SSSR count). The first-order chi connectivity index (χ1) is 19.0. The number of benzene rings is 2. The van der Waals surface area contributed by atoms with E-state index in [1.54, 1.807) is 37.6 Å². The predicted molar refractivity (Wildman–Crippen MR) is 152 cm³/mol. The largest absolute Gasteiger partial charge is 0.493 e. The molecule has 9 nitrogen and oxygen atoms in total. The number of hydrogen-bond donors (Lipinski definition) is 2. The SMILES string of the molecule is CCNC(=O)Nc1ccc(Oc2ccnc3cc(OCCCN4CCC5(CC4)COC5)c(OC)cc23)cc1Cl. The van der Waals surface area contributed by atoms with Crippen molar-refractivity contribution in [1.29, 1.82) is 0 Å². The third-order valence-corrected chi connectivity index (χ3v) is 7.66. The number of fused-ring (bicyclic) bond motifs is 1. The molecule has 208 valence electrons. The zero-order valence-electron chi connectivity index (χ0n) is 22.4. The first-order valence-corrected chi connectivity index (χ1v) is 13.8. The fraction of sp³-hybridized carbons (Fsp3) is 0.448. The molecule has 2 N–H and O–H groups in total. The second-order valence-electron chi connectivity index (χ2n) is 10.1. The summed E-state index contributed by atoms with van der Waals surface area (Å²) in [5.41, 5.74) is 1.68. The lowest BCUT2D eigenvalue weighted by atomic mass is 9.77. The minimum atomic E-state index is -0.317. The van der Waals surface area contributed by atoms with E-state index < -0.39 is 0 Å². The second kappa shape index (κ2) is 12.3. The Hall–Kier alpha value is -3.27. The monoisotopic (exact) mass is 554 g/mol. The molecule has 0 aliphatic carbocycles. The topological polar surface area (TPSA) is 94.2 Å². The van der Waals surface area contributed by atoms with Crippen molar-refractivity contribution >= 4 is 34.2 Å². The molecule has 0 atom stereocenters. The van der Waals surface area contributed by atoms with Gasteiger partial charge in [0.1, 0.15) is 11.5 Å². The molecular weight excluding hydrogens is 520 g/mol. The van der Waals surface area contributed by atoms with E-state index in [0.717, 1.165) is 50.2 Å². The van der Waals surface area contributed by atoms with Crippen LogP contribution in [0, 0.1) is 5.41 Å². The number of aromatic nitrogens is 1. The molecule has 0 radical (unpaired) electrons. The maximum Gasteiger partial charge on any atom is 0.319 e.